The number of benzene rings is 3. The molecule has 5 heteroatoms. The van der Waals surface area contributed by atoms with E-state index in [1.54, 1.807) is 12.1 Å². The quantitative estimate of drug-likeness (QED) is 0.474. The first-order valence-electron chi connectivity index (χ1n) is 9.18. The highest BCUT2D eigenvalue weighted by molar-refractivity contribution is 6.05. The van der Waals surface area contributed by atoms with E-state index >= 15 is 0 Å². The standard InChI is InChI=1S/C23H20N4O/c1-26(2)16-9-7-15(8-10-16)22-25-21-19-5-3-4-6-20(19)24-23(21)27(22)17-11-13-18(28)14-12-17/h3-14,24,28H,1-2H3. The monoisotopic (exact) mass is 368 g/mol. The highest BCUT2D eigenvalue weighted by Gasteiger charge is 2.18. The Morgan fingerprint density at radius 2 is 1.61 bits per heavy atom. The number of hydrogen-bond acceptors (Lipinski definition) is 3. The van der Waals surface area contributed by atoms with Crippen LogP contribution in [-0.2, 0) is 0 Å². The third-order valence-corrected chi connectivity index (χ3v) is 5.06. The van der Waals surface area contributed by atoms with Gasteiger partial charge in [0.1, 0.15) is 22.7 Å². The first kappa shape index (κ1) is 16.4. The van der Waals surface area contributed by atoms with Crippen molar-refractivity contribution in [3.05, 3.63) is 72.8 Å². The number of anilines is 1. The third kappa shape index (κ3) is 2.52. The summed E-state index contributed by atoms with van der Waals surface area (Å²) in [5.41, 5.74) is 6.06. The highest BCUT2D eigenvalue weighted by atomic mass is 16.3. The van der Waals surface area contributed by atoms with Crippen molar-refractivity contribution in [3.63, 3.8) is 0 Å². The van der Waals surface area contributed by atoms with Gasteiger partial charge in [0.15, 0.2) is 0 Å². The van der Waals surface area contributed by atoms with E-state index in [2.05, 4.69) is 50.8 Å². The second kappa shape index (κ2) is 6.16. The number of hydrogen-bond donors (Lipinski definition) is 2. The van der Waals surface area contributed by atoms with Gasteiger partial charge in [0, 0.05) is 41.9 Å². The van der Waals surface area contributed by atoms with Crippen LogP contribution < -0.4 is 4.90 Å². The van der Waals surface area contributed by atoms with Gasteiger partial charge in [0.05, 0.1) is 0 Å². The minimum absolute atomic E-state index is 0.244. The molecular weight excluding hydrogens is 348 g/mol. The van der Waals surface area contributed by atoms with Crippen LogP contribution >= 0.6 is 0 Å². The molecule has 0 aliphatic rings. The van der Waals surface area contributed by atoms with Crippen LogP contribution in [0, 0.1) is 0 Å². The van der Waals surface area contributed by atoms with Crippen LogP contribution in [0.5, 0.6) is 5.75 Å². The summed E-state index contributed by atoms with van der Waals surface area (Å²) in [7, 11) is 4.06. The zero-order valence-electron chi connectivity index (χ0n) is 15.7. The zero-order chi connectivity index (χ0) is 19.3. The number of fused-ring (bicyclic) bond motifs is 3. The van der Waals surface area contributed by atoms with Gasteiger partial charge >= 0.3 is 0 Å². The molecule has 2 N–H and O–H groups in total. The molecule has 0 atom stereocenters. The molecule has 0 bridgehead atoms. The Morgan fingerprint density at radius 1 is 0.893 bits per heavy atom. The van der Waals surface area contributed by atoms with E-state index in [4.69, 9.17) is 4.98 Å². The average molecular weight is 368 g/mol. The van der Waals surface area contributed by atoms with E-state index in [-0.39, 0.29) is 5.75 Å². The molecule has 0 amide bonds. The number of aromatic amines is 1. The molecule has 0 saturated heterocycles. The maximum Gasteiger partial charge on any atom is 0.146 e. The molecule has 28 heavy (non-hydrogen) atoms. The predicted octanol–water partition coefficient (Wildman–Crippen LogP) is 4.95. The normalized spacial score (nSPS) is 11.4. The first-order chi connectivity index (χ1) is 13.6. The van der Waals surface area contributed by atoms with Crippen molar-refractivity contribution in [3.8, 4) is 22.8 Å². The van der Waals surface area contributed by atoms with Gasteiger partial charge in [-0.05, 0) is 54.6 Å². The lowest BCUT2D eigenvalue weighted by atomic mass is 10.2. The summed E-state index contributed by atoms with van der Waals surface area (Å²) >= 11 is 0. The molecule has 0 spiro atoms. The fraction of sp³-hybridized carbons (Fsp3) is 0.0870. The minimum atomic E-state index is 0.244. The summed E-state index contributed by atoms with van der Waals surface area (Å²) in [6, 6.07) is 23.8. The van der Waals surface area contributed by atoms with Crippen molar-refractivity contribution in [1.82, 2.24) is 14.5 Å². The highest BCUT2D eigenvalue weighted by Crippen LogP contribution is 2.33. The van der Waals surface area contributed by atoms with Crippen LogP contribution in [-0.4, -0.2) is 33.7 Å². The molecule has 3 aromatic carbocycles. The van der Waals surface area contributed by atoms with Gasteiger partial charge < -0.3 is 15.0 Å². The van der Waals surface area contributed by atoms with Crippen molar-refractivity contribution >= 4 is 27.8 Å². The molecule has 0 fully saturated rings. The van der Waals surface area contributed by atoms with Gasteiger partial charge in [-0.2, -0.15) is 0 Å². The summed E-state index contributed by atoms with van der Waals surface area (Å²) in [6.07, 6.45) is 0. The van der Waals surface area contributed by atoms with Crippen molar-refractivity contribution in [1.29, 1.82) is 0 Å². The summed E-state index contributed by atoms with van der Waals surface area (Å²) in [6.45, 7) is 0. The second-order valence-corrected chi connectivity index (χ2v) is 7.10. The maximum atomic E-state index is 9.71. The lowest BCUT2D eigenvalue weighted by Crippen LogP contribution is -2.08. The van der Waals surface area contributed by atoms with Gasteiger partial charge in [0.2, 0.25) is 0 Å². The van der Waals surface area contributed by atoms with Crippen LogP contribution in [0.1, 0.15) is 0 Å². The Morgan fingerprint density at radius 3 is 2.32 bits per heavy atom. The Labute approximate surface area is 162 Å². The molecule has 2 aromatic heterocycles. The predicted molar refractivity (Wildman–Crippen MR) is 114 cm³/mol. The molecule has 138 valence electrons. The lowest BCUT2D eigenvalue weighted by Gasteiger charge is -2.13. The van der Waals surface area contributed by atoms with Crippen molar-refractivity contribution in [2.45, 2.75) is 0 Å². The number of aromatic hydroxyl groups is 1. The van der Waals surface area contributed by atoms with Gasteiger partial charge in [0.25, 0.3) is 0 Å². The third-order valence-electron chi connectivity index (χ3n) is 5.06. The molecule has 2 heterocycles. The van der Waals surface area contributed by atoms with Crippen LogP contribution in [0.3, 0.4) is 0 Å². The van der Waals surface area contributed by atoms with Crippen LogP contribution in [0.25, 0.3) is 39.1 Å². The van der Waals surface area contributed by atoms with E-state index in [1.165, 1.54) is 0 Å². The SMILES string of the molecule is CN(C)c1ccc(-c2nc3c4ccccc4[nH]c3n2-c2ccc(O)cc2)cc1. The topological polar surface area (TPSA) is 57.1 Å². The summed E-state index contributed by atoms with van der Waals surface area (Å²) in [5, 5.41) is 10.8. The van der Waals surface area contributed by atoms with Crippen molar-refractivity contribution in [2.24, 2.45) is 0 Å². The van der Waals surface area contributed by atoms with Gasteiger partial charge in [-0.15, -0.1) is 0 Å². The molecular formula is C23H20N4O. The number of H-pyrrole nitrogens is 1. The zero-order valence-corrected chi connectivity index (χ0v) is 15.7. The lowest BCUT2D eigenvalue weighted by molar-refractivity contribution is 0.475. The molecule has 5 nitrogen and oxygen atoms in total. The number of nitrogens with one attached hydrogen (secondary N) is 1. The van der Waals surface area contributed by atoms with Crippen LogP contribution in [0.15, 0.2) is 72.8 Å². The van der Waals surface area contributed by atoms with E-state index in [1.807, 2.05) is 38.4 Å². The number of phenols is 1. The first-order valence-corrected chi connectivity index (χ1v) is 9.18. The van der Waals surface area contributed by atoms with E-state index in [0.29, 0.717) is 0 Å². The van der Waals surface area contributed by atoms with Crippen LogP contribution in [0.4, 0.5) is 5.69 Å². The fourth-order valence-corrected chi connectivity index (χ4v) is 3.61. The maximum absolute atomic E-state index is 9.71. The minimum Gasteiger partial charge on any atom is -0.508 e. The Kier molecular flexibility index (Phi) is 3.62. The molecule has 0 aliphatic carbocycles. The smallest absolute Gasteiger partial charge is 0.146 e. The Hall–Kier alpha value is -3.73. The van der Waals surface area contributed by atoms with E-state index in [0.717, 1.165) is 44.8 Å². The van der Waals surface area contributed by atoms with Crippen molar-refractivity contribution < 1.29 is 5.11 Å². The molecule has 0 saturated carbocycles. The number of rotatable bonds is 3. The summed E-state index contributed by atoms with van der Waals surface area (Å²) in [4.78, 5) is 10.6. The molecule has 5 aromatic rings. The average Bonchev–Trinajstić information content (AvgIpc) is 3.25. The molecule has 0 unspecified atom stereocenters. The Balaban J connectivity index is 1.79. The Bertz CT molecular complexity index is 1280. The molecule has 0 radical (unpaired) electrons. The number of aromatic nitrogens is 3. The van der Waals surface area contributed by atoms with Crippen molar-refractivity contribution in [2.75, 3.05) is 19.0 Å². The van der Waals surface area contributed by atoms with E-state index < -0.39 is 0 Å². The van der Waals surface area contributed by atoms with Gasteiger partial charge in [-0.3, -0.25) is 4.57 Å². The molecule has 0 aliphatic heterocycles. The van der Waals surface area contributed by atoms with Crippen LogP contribution in [0.2, 0.25) is 0 Å². The summed E-state index contributed by atoms with van der Waals surface area (Å²) in [5.74, 6) is 1.11. The number of imidazole rings is 1. The largest absolute Gasteiger partial charge is 0.508 e. The fourth-order valence-electron chi connectivity index (χ4n) is 3.61. The van der Waals surface area contributed by atoms with Gasteiger partial charge in [-0.25, -0.2) is 4.98 Å². The van der Waals surface area contributed by atoms with Gasteiger partial charge in [-0.1, -0.05) is 18.2 Å². The summed E-state index contributed by atoms with van der Waals surface area (Å²) < 4.78 is 2.11. The number of nitrogens with zero attached hydrogens (tertiary/aromatic N) is 3. The number of para-hydroxylation sites is 1. The second-order valence-electron chi connectivity index (χ2n) is 7.10. The molecule has 5 rings (SSSR count). The van der Waals surface area contributed by atoms with E-state index in [9.17, 15) is 5.11 Å². The number of phenolic OH excluding ortho intramolecular Hbond substituents is 1.